The first-order valence-corrected chi connectivity index (χ1v) is 9.24. The van der Waals surface area contributed by atoms with Gasteiger partial charge >= 0.3 is 141 Å². The van der Waals surface area contributed by atoms with Gasteiger partial charge in [0.05, 0.1) is 0 Å². The van der Waals surface area contributed by atoms with Crippen molar-refractivity contribution >= 4 is 57.0 Å². The third-order valence-corrected chi connectivity index (χ3v) is 6.42. The van der Waals surface area contributed by atoms with Crippen LogP contribution in [0.5, 0.6) is 0 Å². The first-order valence-electron chi connectivity index (χ1n) is 7.15. The Bertz CT molecular complexity index is 904. The van der Waals surface area contributed by atoms with Crippen molar-refractivity contribution < 1.29 is 0 Å². The molecule has 0 aliphatic carbocycles. The molecule has 0 unspecified atom stereocenters. The summed E-state index contributed by atoms with van der Waals surface area (Å²) in [5.74, 6) is 0. The average Bonchev–Trinajstić information content (AvgIpc) is 2.56. The Labute approximate surface area is 140 Å². The molecule has 22 heavy (non-hydrogen) atoms. The van der Waals surface area contributed by atoms with E-state index < -0.39 is 0 Å². The molecule has 0 aliphatic heterocycles. The first-order chi connectivity index (χ1) is 10.8. The molecule has 0 aromatic heterocycles. The van der Waals surface area contributed by atoms with Gasteiger partial charge < -0.3 is 0 Å². The molecule has 0 saturated heterocycles. The molecule has 4 rings (SSSR count). The van der Waals surface area contributed by atoms with Gasteiger partial charge in [0.2, 0.25) is 0 Å². The Morgan fingerprint density at radius 3 is 1.77 bits per heavy atom. The maximum atomic E-state index is 6.01. The number of rotatable bonds is 2. The zero-order chi connectivity index (χ0) is 14.9. The Balaban J connectivity index is 1.97. The van der Waals surface area contributed by atoms with Gasteiger partial charge in [0.15, 0.2) is 0 Å². The molecular weight excluding hydrogens is 355 g/mol. The van der Waals surface area contributed by atoms with Gasteiger partial charge in [-0.15, -0.1) is 0 Å². The topological polar surface area (TPSA) is 0 Å². The van der Waals surface area contributed by atoms with E-state index in [0.29, 0.717) is 0 Å². The van der Waals surface area contributed by atoms with Crippen LogP contribution in [0.3, 0.4) is 0 Å². The molecule has 0 heterocycles. The summed E-state index contributed by atoms with van der Waals surface area (Å²) in [5, 5.41) is 6.13. The summed E-state index contributed by atoms with van der Waals surface area (Å²) in [6.45, 7) is 0. The van der Waals surface area contributed by atoms with E-state index in [4.69, 9.17) is 11.6 Å². The molecule has 0 fully saturated rings. The van der Waals surface area contributed by atoms with E-state index in [-0.39, 0.29) is 15.0 Å². The number of hydrogen-bond acceptors (Lipinski definition) is 0. The molecule has 0 bridgehead atoms. The molecule has 2 heteroatoms. The second-order valence-electron chi connectivity index (χ2n) is 5.20. The molecule has 0 nitrogen and oxygen atoms in total. The molecule has 106 valence electrons. The van der Waals surface area contributed by atoms with E-state index in [1.807, 2.05) is 12.1 Å². The fourth-order valence-corrected chi connectivity index (χ4v) is 5.14. The van der Waals surface area contributed by atoms with Crippen molar-refractivity contribution in [3.63, 3.8) is 0 Å². The Morgan fingerprint density at radius 1 is 0.636 bits per heavy atom. The van der Waals surface area contributed by atoms with Crippen LogP contribution in [-0.4, -0.2) is 15.0 Å². The van der Waals surface area contributed by atoms with E-state index in [1.54, 1.807) is 0 Å². The normalized spacial score (nSPS) is 11.1. The average molecular weight is 368 g/mol. The zero-order valence-corrected chi connectivity index (χ0v) is 14.3. The quantitative estimate of drug-likeness (QED) is 0.366. The number of hydrogen-bond donors (Lipinski definition) is 0. The molecule has 0 radical (unpaired) electrons. The van der Waals surface area contributed by atoms with Gasteiger partial charge in [-0.25, -0.2) is 0 Å². The van der Waals surface area contributed by atoms with Crippen LogP contribution in [0, 0.1) is 0 Å². The van der Waals surface area contributed by atoms with E-state index in [9.17, 15) is 0 Å². The van der Waals surface area contributed by atoms with Gasteiger partial charge in [-0.2, -0.15) is 0 Å². The standard InChI is InChI=1S/C20H13ClSe/c21-16-9-11-17(12-10-16)22-20-18-7-3-1-5-14(18)13-15-6-2-4-8-19(15)20/h1-13H. The van der Waals surface area contributed by atoms with E-state index in [2.05, 4.69) is 66.7 Å². The monoisotopic (exact) mass is 368 g/mol. The molecule has 0 saturated carbocycles. The van der Waals surface area contributed by atoms with Gasteiger partial charge in [0.1, 0.15) is 0 Å². The van der Waals surface area contributed by atoms with Crippen molar-refractivity contribution in [2.24, 2.45) is 0 Å². The van der Waals surface area contributed by atoms with Crippen LogP contribution in [-0.2, 0) is 0 Å². The van der Waals surface area contributed by atoms with Crippen LogP contribution in [0.2, 0.25) is 5.02 Å². The summed E-state index contributed by atoms with van der Waals surface area (Å²) < 4.78 is 2.79. The fraction of sp³-hybridized carbons (Fsp3) is 0. The van der Waals surface area contributed by atoms with Crippen molar-refractivity contribution in [2.45, 2.75) is 0 Å². The first kappa shape index (κ1) is 13.8. The van der Waals surface area contributed by atoms with Crippen molar-refractivity contribution in [3.8, 4) is 0 Å². The molecule has 0 N–H and O–H groups in total. The summed E-state index contributed by atoms with van der Waals surface area (Å²) >= 11 is 6.27. The molecule has 0 aliphatic rings. The summed E-state index contributed by atoms with van der Waals surface area (Å²) in [5.41, 5.74) is 0. The fourth-order valence-electron chi connectivity index (χ4n) is 2.70. The third kappa shape index (κ3) is 2.53. The minimum atomic E-state index is 0.255. The SMILES string of the molecule is Clc1ccc([Se]c2c3ccccc3cc3ccccc23)cc1. The number of halogens is 1. The predicted molar refractivity (Wildman–Crippen MR) is 97.9 cm³/mol. The Morgan fingerprint density at radius 2 is 1.18 bits per heavy atom. The van der Waals surface area contributed by atoms with Crippen LogP contribution in [0.4, 0.5) is 0 Å². The van der Waals surface area contributed by atoms with Crippen molar-refractivity contribution in [3.05, 3.63) is 83.9 Å². The minimum absolute atomic E-state index is 0.255. The molecular formula is C20H13ClSe. The maximum absolute atomic E-state index is 6.01. The number of benzene rings is 4. The van der Waals surface area contributed by atoms with Crippen molar-refractivity contribution in [1.82, 2.24) is 0 Å². The second kappa shape index (κ2) is 5.78. The van der Waals surface area contributed by atoms with Crippen molar-refractivity contribution in [1.29, 1.82) is 0 Å². The van der Waals surface area contributed by atoms with E-state index in [1.165, 1.54) is 30.5 Å². The Kier molecular flexibility index (Phi) is 3.63. The van der Waals surface area contributed by atoms with Crippen LogP contribution in [0.25, 0.3) is 21.5 Å². The van der Waals surface area contributed by atoms with Crippen LogP contribution in [0.1, 0.15) is 0 Å². The molecule has 0 amide bonds. The number of fused-ring (bicyclic) bond motifs is 2. The van der Waals surface area contributed by atoms with Gasteiger partial charge in [-0.3, -0.25) is 0 Å². The Hall–Kier alpha value is -1.79. The van der Waals surface area contributed by atoms with Gasteiger partial charge in [0, 0.05) is 0 Å². The summed E-state index contributed by atoms with van der Waals surface area (Å²) in [7, 11) is 0. The summed E-state index contributed by atoms with van der Waals surface area (Å²) in [6.07, 6.45) is 0. The van der Waals surface area contributed by atoms with Crippen molar-refractivity contribution in [2.75, 3.05) is 0 Å². The van der Waals surface area contributed by atoms with Gasteiger partial charge in [0.25, 0.3) is 0 Å². The molecule has 4 aromatic carbocycles. The summed E-state index contributed by atoms with van der Waals surface area (Å²) in [6, 6.07) is 27.8. The second-order valence-corrected chi connectivity index (χ2v) is 7.91. The van der Waals surface area contributed by atoms with Crippen LogP contribution >= 0.6 is 11.6 Å². The van der Waals surface area contributed by atoms with Gasteiger partial charge in [-0.1, -0.05) is 0 Å². The third-order valence-electron chi connectivity index (χ3n) is 3.76. The van der Waals surface area contributed by atoms with E-state index in [0.717, 1.165) is 5.02 Å². The predicted octanol–water partition coefficient (Wildman–Crippen LogP) is 4.30. The van der Waals surface area contributed by atoms with Crippen LogP contribution < -0.4 is 8.92 Å². The zero-order valence-electron chi connectivity index (χ0n) is 11.8. The van der Waals surface area contributed by atoms with Crippen LogP contribution in [0.15, 0.2) is 78.9 Å². The summed E-state index contributed by atoms with van der Waals surface area (Å²) in [4.78, 5) is 0. The van der Waals surface area contributed by atoms with Gasteiger partial charge in [-0.05, 0) is 0 Å². The molecule has 0 spiro atoms. The molecule has 0 atom stereocenters. The molecule has 4 aromatic rings. The van der Waals surface area contributed by atoms with E-state index >= 15 is 0 Å².